The van der Waals surface area contributed by atoms with Gasteiger partial charge in [0, 0.05) is 28.2 Å². The summed E-state index contributed by atoms with van der Waals surface area (Å²) in [7, 11) is 0. The number of fused-ring (bicyclic) bond motifs is 8. The van der Waals surface area contributed by atoms with Crippen molar-refractivity contribution in [2.75, 3.05) is 9.71 Å². The second kappa shape index (κ2) is 9.31. The molecule has 0 aromatic heterocycles. The van der Waals surface area contributed by atoms with Gasteiger partial charge in [-0.3, -0.25) is 0 Å². The Labute approximate surface area is 274 Å². The van der Waals surface area contributed by atoms with Crippen LogP contribution in [-0.2, 0) is 0 Å². The van der Waals surface area contributed by atoms with E-state index in [0.29, 0.717) is 0 Å². The highest BCUT2D eigenvalue weighted by Gasteiger charge is 2.48. The second-order valence-electron chi connectivity index (χ2n) is 12.8. The van der Waals surface area contributed by atoms with Crippen molar-refractivity contribution in [1.29, 1.82) is 0 Å². The lowest BCUT2D eigenvalue weighted by Gasteiger charge is -2.49. The molecule has 0 unspecified atom stereocenters. The van der Waals surface area contributed by atoms with E-state index in [-0.39, 0.29) is 13.6 Å². The van der Waals surface area contributed by atoms with Crippen molar-refractivity contribution < 1.29 is 4.74 Å². The van der Waals surface area contributed by atoms with Gasteiger partial charge in [-0.05, 0) is 69.4 Å². The fraction of sp³-hybridized carbons (Fsp3) is 0. The predicted octanol–water partition coefficient (Wildman–Crippen LogP) is 7.00. The summed E-state index contributed by atoms with van der Waals surface area (Å²) in [4.78, 5) is 4.97. The minimum Gasteiger partial charge on any atom is -0.453 e. The van der Waals surface area contributed by atoms with Crippen molar-refractivity contribution in [2.45, 2.75) is 0 Å². The van der Waals surface area contributed by atoms with Crippen LogP contribution in [0.2, 0.25) is 0 Å². The van der Waals surface area contributed by atoms with Crippen LogP contribution in [0.5, 0.6) is 11.5 Å². The quantitative estimate of drug-likeness (QED) is 0.200. The fourth-order valence-electron chi connectivity index (χ4n) is 8.66. The number of benzene rings is 7. The Kier molecular flexibility index (Phi) is 5.01. The predicted molar refractivity (Wildman–Crippen MR) is 197 cm³/mol. The van der Waals surface area contributed by atoms with Crippen LogP contribution in [0, 0.1) is 0 Å². The first-order valence-corrected chi connectivity index (χ1v) is 16.3. The smallest absolute Gasteiger partial charge is 0.329 e. The van der Waals surface area contributed by atoms with E-state index in [1.54, 1.807) is 0 Å². The molecule has 0 amide bonds. The SMILES string of the molecule is c1ccc2c(c1)Oc1ccccc1N2c1ccc(B2c3cccc4c3N3B(c5ccccc5-4)c4ccccc4-c4cccc2c43)cc1. The minimum absolute atomic E-state index is 0.102. The summed E-state index contributed by atoms with van der Waals surface area (Å²) in [6, 6.07) is 57.6. The Balaban J connectivity index is 1.13. The van der Waals surface area contributed by atoms with E-state index in [9.17, 15) is 0 Å². The highest BCUT2D eigenvalue weighted by molar-refractivity contribution is 7.01. The van der Waals surface area contributed by atoms with Crippen LogP contribution >= 0.6 is 0 Å². The zero-order valence-corrected chi connectivity index (χ0v) is 25.5. The van der Waals surface area contributed by atoms with Crippen molar-refractivity contribution >= 4 is 69.3 Å². The summed E-state index contributed by atoms with van der Waals surface area (Å²) in [5, 5.41) is 0. The number of ether oxygens (including phenoxy) is 1. The average molecular weight is 596 g/mol. The number of hydrogen-bond donors (Lipinski definition) is 0. The molecule has 216 valence electrons. The third-order valence-corrected chi connectivity index (χ3v) is 10.5. The molecule has 3 nitrogen and oxygen atoms in total. The Morgan fingerprint density at radius 3 is 1.45 bits per heavy atom. The van der Waals surface area contributed by atoms with E-state index < -0.39 is 0 Å². The van der Waals surface area contributed by atoms with Crippen LogP contribution in [0.25, 0.3) is 22.3 Å². The molecular formula is C42H26B2N2O. The van der Waals surface area contributed by atoms with Crippen molar-refractivity contribution in [3.8, 4) is 33.8 Å². The number of anilines is 5. The van der Waals surface area contributed by atoms with E-state index in [4.69, 9.17) is 4.74 Å². The molecule has 4 aliphatic heterocycles. The molecule has 0 bridgehead atoms. The van der Waals surface area contributed by atoms with Gasteiger partial charge < -0.3 is 14.4 Å². The largest absolute Gasteiger partial charge is 0.453 e. The lowest BCUT2D eigenvalue weighted by molar-refractivity contribution is 0.477. The van der Waals surface area contributed by atoms with Gasteiger partial charge in [-0.15, -0.1) is 0 Å². The first-order valence-electron chi connectivity index (χ1n) is 16.3. The van der Waals surface area contributed by atoms with Crippen molar-refractivity contribution in [2.24, 2.45) is 0 Å². The van der Waals surface area contributed by atoms with Gasteiger partial charge >= 0.3 is 6.85 Å². The van der Waals surface area contributed by atoms with Gasteiger partial charge in [-0.25, -0.2) is 0 Å². The molecule has 4 aliphatic rings. The van der Waals surface area contributed by atoms with E-state index >= 15 is 0 Å². The summed E-state index contributed by atoms with van der Waals surface area (Å²) >= 11 is 0. The second-order valence-corrected chi connectivity index (χ2v) is 12.8. The number of rotatable bonds is 2. The Hall–Kier alpha value is -5.93. The van der Waals surface area contributed by atoms with Gasteiger partial charge in [0.25, 0.3) is 0 Å². The van der Waals surface area contributed by atoms with Crippen LogP contribution in [0.4, 0.5) is 28.4 Å². The first kappa shape index (κ1) is 25.3. The van der Waals surface area contributed by atoms with Gasteiger partial charge in [0.1, 0.15) is 0 Å². The van der Waals surface area contributed by atoms with Crippen LogP contribution in [0.15, 0.2) is 158 Å². The van der Waals surface area contributed by atoms with Crippen molar-refractivity contribution in [3.63, 3.8) is 0 Å². The Bertz CT molecular complexity index is 2290. The van der Waals surface area contributed by atoms with Crippen LogP contribution in [0.1, 0.15) is 0 Å². The van der Waals surface area contributed by atoms with E-state index in [2.05, 4.69) is 143 Å². The summed E-state index contributed by atoms with van der Waals surface area (Å²) in [6.07, 6.45) is 0. The van der Waals surface area contributed by atoms with Crippen LogP contribution in [0.3, 0.4) is 0 Å². The lowest BCUT2D eigenvalue weighted by atomic mass is 9.32. The van der Waals surface area contributed by atoms with E-state index in [1.807, 2.05) is 24.3 Å². The summed E-state index contributed by atoms with van der Waals surface area (Å²) in [5.74, 6) is 1.73. The third-order valence-electron chi connectivity index (χ3n) is 10.5. The highest BCUT2D eigenvalue weighted by atomic mass is 16.5. The molecule has 0 atom stereocenters. The number of nitrogens with zero attached hydrogens (tertiary/aromatic N) is 2. The number of para-hydroxylation sites is 6. The lowest BCUT2D eigenvalue weighted by Crippen LogP contribution is -2.67. The molecule has 0 fully saturated rings. The average Bonchev–Trinajstić information content (AvgIpc) is 3.14. The maximum Gasteiger partial charge on any atom is 0.329 e. The van der Waals surface area contributed by atoms with Crippen molar-refractivity contribution in [3.05, 3.63) is 158 Å². The molecule has 11 rings (SSSR count). The maximum atomic E-state index is 6.29. The molecule has 0 saturated heterocycles. The number of hydrogen-bond acceptors (Lipinski definition) is 3. The van der Waals surface area contributed by atoms with Gasteiger partial charge in [0.15, 0.2) is 11.5 Å². The summed E-state index contributed by atoms with van der Waals surface area (Å²) < 4.78 is 6.29. The summed E-state index contributed by atoms with van der Waals surface area (Å²) in [5.41, 5.74) is 18.0. The molecule has 0 N–H and O–H groups in total. The van der Waals surface area contributed by atoms with Crippen LogP contribution in [-0.4, -0.2) is 13.6 Å². The van der Waals surface area contributed by atoms with Crippen molar-refractivity contribution in [1.82, 2.24) is 0 Å². The van der Waals surface area contributed by atoms with Gasteiger partial charge in [-0.2, -0.15) is 0 Å². The third kappa shape index (κ3) is 3.33. The van der Waals surface area contributed by atoms with Gasteiger partial charge in [0.2, 0.25) is 6.71 Å². The first-order chi connectivity index (χ1) is 23.3. The molecule has 0 saturated carbocycles. The molecule has 0 radical (unpaired) electrons. The zero-order chi connectivity index (χ0) is 30.6. The monoisotopic (exact) mass is 596 g/mol. The molecule has 7 aromatic carbocycles. The van der Waals surface area contributed by atoms with Crippen LogP contribution < -0.4 is 41.8 Å². The molecule has 7 aromatic rings. The molecule has 47 heavy (non-hydrogen) atoms. The molecular weight excluding hydrogens is 570 g/mol. The van der Waals surface area contributed by atoms with E-state index in [1.165, 1.54) is 60.9 Å². The normalized spacial score (nSPS) is 14.0. The maximum absolute atomic E-state index is 6.29. The van der Waals surface area contributed by atoms with Gasteiger partial charge in [-0.1, -0.05) is 127 Å². The topological polar surface area (TPSA) is 15.7 Å². The standard InChI is InChI=1S/C42H26B2N2O/c1-3-15-33-29(11-1)31-13-9-17-35-41(31)46-42-32(30-12-2-4-16-34(30)44(33)46)14-10-18-36(42)43(35)27-23-25-28(26-24-27)45-37-19-5-7-21-39(37)47-40-22-8-6-20-38(40)45/h1-26H. The Morgan fingerprint density at radius 2 is 0.872 bits per heavy atom. The zero-order valence-electron chi connectivity index (χ0n) is 25.5. The highest BCUT2D eigenvalue weighted by Crippen LogP contribution is 2.50. The molecule has 5 heteroatoms. The molecule has 0 spiro atoms. The minimum atomic E-state index is 0.102. The molecule has 4 heterocycles. The molecule has 0 aliphatic carbocycles. The summed E-state index contributed by atoms with van der Waals surface area (Å²) in [6.45, 7) is 0.236. The Morgan fingerprint density at radius 1 is 0.404 bits per heavy atom. The fourth-order valence-corrected chi connectivity index (χ4v) is 8.66. The van der Waals surface area contributed by atoms with E-state index in [0.717, 1.165) is 28.6 Å². The van der Waals surface area contributed by atoms with Gasteiger partial charge in [0.05, 0.1) is 11.4 Å².